The molecule has 1 heteroatoms. The third-order valence-corrected chi connectivity index (χ3v) is 4.45. The van der Waals surface area contributed by atoms with Crippen LogP contribution in [0.15, 0.2) is 42.7 Å². The molecule has 0 saturated heterocycles. The first kappa shape index (κ1) is 14.1. The third kappa shape index (κ3) is 3.60. The van der Waals surface area contributed by atoms with E-state index < -0.39 is 0 Å². The van der Waals surface area contributed by atoms with E-state index in [4.69, 9.17) is 0 Å². The van der Waals surface area contributed by atoms with E-state index in [1.165, 1.54) is 54.4 Å². The summed E-state index contributed by atoms with van der Waals surface area (Å²) in [6, 6.07) is 11.0. The first-order chi connectivity index (χ1) is 10.3. The van der Waals surface area contributed by atoms with Crippen LogP contribution in [-0.4, -0.2) is 4.98 Å². The van der Waals surface area contributed by atoms with Crippen LogP contribution in [0.1, 0.15) is 60.3 Å². The molecule has 1 fully saturated rings. The van der Waals surface area contributed by atoms with Crippen molar-refractivity contribution in [3.63, 3.8) is 0 Å². The van der Waals surface area contributed by atoms with E-state index in [0.29, 0.717) is 0 Å². The molecule has 1 saturated carbocycles. The molecule has 1 aromatic carbocycles. The van der Waals surface area contributed by atoms with Gasteiger partial charge in [-0.1, -0.05) is 55.2 Å². The summed E-state index contributed by atoms with van der Waals surface area (Å²) in [4.78, 5) is 4.07. The summed E-state index contributed by atoms with van der Waals surface area (Å²) in [7, 11) is 0. The summed E-state index contributed by atoms with van der Waals surface area (Å²) >= 11 is 0. The maximum atomic E-state index is 4.07. The Morgan fingerprint density at radius 1 is 0.952 bits per heavy atom. The van der Waals surface area contributed by atoms with Crippen molar-refractivity contribution in [3.8, 4) is 0 Å². The van der Waals surface area contributed by atoms with Crippen molar-refractivity contribution < 1.29 is 0 Å². The van der Waals surface area contributed by atoms with Crippen molar-refractivity contribution in [3.05, 3.63) is 65.0 Å². The van der Waals surface area contributed by atoms with Gasteiger partial charge in [0.05, 0.1) is 0 Å². The molecule has 1 nitrogen and oxygen atoms in total. The molecule has 1 aliphatic carbocycles. The highest BCUT2D eigenvalue weighted by Gasteiger charge is 2.17. The summed E-state index contributed by atoms with van der Waals surface area (Å²) in [6.07, 6.45) is 15.0. The van der Waals surface area contributed by atoms with Gasteiger partial charge in [-0.25, -0.2) is 0 Å². The number of hydrogen-bond donors (Lipinski definition) is 0. The van der Waals surface area contributed by atoms with Gasteiger partial charge in [-0.3, -0.25) is 4.98 Å². The largest absolute Gasteiger partial charge is 0.265 e. The van der Waals surface area contributed by atoms with Crippen molar-refractivity contribution >= 4 is 12.2 Å². The molecule has 108 valence electrons. The van der Waals surface area contributed by atoms with Crippen molar-refractivity contribution in [1.82, 2.24) is 4.98 Å². The molecule has 0 bridgehead atoms. The molecule has 0 spiro atoms. The van der Waals surface area contributed by atoms with Gasteiger partial charge in [0.1, 0.15) is 0 Å². The second kappa shape index (κ2) is 6.71. The molecule has 1 heterocycles. The molecule has 0 N–H and O–H groups in total. The van der Waals surface area contributed by atoms with Crippen LogP contribution in [0.3, 0.4) is 0 Å². The monoisotopic (exact) mass is 277 g/mol. The number of aryl methyl sites for hydroxylation is 1. The highest BCUT2D eigenvalue weighted by atomic mass is 14.6. The number of pyridine rings is 1. The Bertz CT molecular complexity index is 607. The topological polar surface area (TPSA) is 12.9 Å². The number of aromatic nitrogens is 1. The van der Waals surface area contributed by atoms with Crippen LogP contribution in [0.5, 0.6) is 0 Å². The Kier molecular flexibility index (Phi) is 4.49. The van der Waals surface area contributed by atoms with E-state index in [1.807, 2.05) is 24.5 Å². The molecular weight excluding hydrogens is 254 g/mol. The van der Waals surface area contributed by atoms with Gasteiger partial charge in [0.2, 0.25) is 0 Å². The molecule has 2 aromatic rings. The normalized spacial score (nSPS) is 16.4. The minimum Gasteiger partial charge on any atom is -0.265 e. The summed E-state index contributed by atoms with van der Waals surface area (Å²) in [5, 5.41) is 0. The second-order valence-electron chi connectivity index (χ2n) is 6.08. The molecule has 3 rings (SSSR count). The highest BCUT2D eigenvalue weighted by molar-refractivity contribution is 5.71. The fraction of sp³-hybridized carbons (Fsp3) is 0.350. The highest BCUT2D eigenvalue weighted by Crippen LogP contribution is 2.35. The summed E-state index contributed by atoms with van der Waals surface area (Å²) in [5.41, 5.74) is 5.47. The van der Waals surface area contributed by atoms with Crippen molar-refractivity contribution in [1.29, 1.82) is 0 Å². The molecule has 1 aliphatic rings. The van der Waals surface area contributed by atoms with Crippen LogP contribution >= 0.6 is 0 Å². The number of rotatable bonds is 3. The zero-order chi connectivity index (χ0) is 14.5. The van der Waals surface area contributed by atoms with Gasteiger partial charge in [-0.15, -0.1) is 0 Å². The maximum absolute atomic E-state index is 4.07. The molecule has 0 aliphatic heterocycles. The van der Waals surface area contributed by atoms with Crippen molar-refractivity contribution in [2.75, 3.05) is 0 Å². The number of benzene rings is 1. The quantitative estimate of drug-likeness (QED) is 0.710. The van der Waals surface area contributed by atoms with Gasteiger partial charge in [0.15, 0.2) is 0 Å². The lowest BCUT2D eigenvalue weighted by Gasteiger charge is -2.24. The molecular formula is C20H23N. The van der Waals surface area contributed by atoms with Crippen LogP contribution in [0.4, 0.5) is 0 Å². The Morgan fingerprint density at radius 3 is 2.48 bits per heavy atom. The second-order valence-corrected chi connectivity index (χ2v) is 6.08. The molecule has 0 unspecified atom stereocenters. The van der Waals surface area contributed by atoms with Crippen LogP contribution in [0.2, 0.25) is 0 Å². The minimum atomic E-state index is 0.747. The first-order valence-electron chi connectivity index (χ1n) is 8.01. The molecule has 1 aromatic heterocycles. The van der Waals surface area contributed by atoms with Gasteiger partial charge in [0, 0.05) is 12.4 Å². The lowest BCUT2D eigenvalue weighted by molar-refractivity contribution is 0.443. The fourth-order valence-electron chi connectivity index (χ4n) is 3.28. The van der Waals surface area contributed by atoms with Gasteiger partial charge >= 0.3 is 0 Å². The van der Waals surface area contributed by atoms with E-state index in [-0.39, 0.29) is 0 Å². The van der Waals surface area contributed by atoms with Crippen molar-refractivity contribution in [2.24, 2.45) is 0 Å². The smallest absolute Gasteiger partial charge is 0.0273 e. The average Bonchev–Trinajstić information content (AvgIpc) is 2.55. The van der Waals surface area contributed by atoms with Crippen LogP contribution in [0.25, 0.3) is 12.2 Å². The number of hydrogen-bond acceptors (Lipinski definition) is 1. The van der Waals surface area contributed by atoms with Crippen molar-refractivity contribution in [2.45, 2.75) is 44.9 Å². The third-order valence-electron chi connectivity index (χ3n) is 4.45. The zero-order valence-corrected chi connectivity index (χ0v) is 12.8. The maximum Gasteiger partial charge on any atom is 0.0273 e. The lowest BCUT2D eigenvalue weighted by atomic mass is 9.81. The Balaban J connectivity index is 1.89. The predicted octanol–water partition coefficient (Wildman–Crippen LogP) is 5.61. The van der Waals surface area contributed by atoms with E-state index >= 15 is 0 Å². The standard InChI is InChI=1S/C20H23N/c1-16-7-10-20(18-5-3-2-4-6-18)19(15-16)9-8-17-11-13-21-14-12-17/h7-15,18H,2-6H2,1H3/b9-8+. The minimum absolute atomic E-state index is 0.747. The molecule has 0 amide bonds. The van der Waals surface area contributed by atoms with Crippen LogP contribution in [0, 0.1) is 6.92 Å². The SMILES string of the molecule is Cc1ccc(C2CCCCC2)c(/C=C/c2ccncc2)c1. The Morgan fingerprint density at radius 2 is 1.71 bits per heavy atom. The van der Waals surface area contributed by atoms with E-state index in [0.717, 1.165) is 5.92 Å². The fourth-order valence-corrected chi connectivity index (χ4v) is 3.28. The summed E-state index contributed by atoms with van der Waals surface area (Å²) in [6.45, 7) is 2.18. The van der Waals surface area contributed by atoms with Crippen LogP contribution < -0.4 is 0 Å². The lowest BCUT2D eigenvalue weighted by Crippen LogP contribution is -2.06. The van der Waals surface area contributed by atoms with E-state index in [2.05, 4.69) is 42.3 Å². The molecule has 0 radical (unpaired) electrons. The van der Waals surface area contributed by atoms with E-state index in [1.54, 1.807) is 0 Å². The summed E-state index contributed by atoms with van der Waals surface area (Å²) < 4.78 is 0. The van der Waals surface area contributed by atoms with Gasteiger partial charge in [-0.2, -0.15) is 0 Å². The van der Waals surface area contributed by atoms with Gasteiger partial charge in [-0.05, 0) is 54.5 Å². The van der Waals surface area contributed by atoms with E-state index in [9.17, 15) is 0 Å². The Labute approximate surface area is 127 Å². The predicted molar refractivity (Wildman–Crippen MR) is 90.2 cm³/mol. The first-order valence-corrected chi connectivity index (χ1v) is 8.01. The van der Waals surface area contributed by atoms with Crippen LogP contribution in [-0.2, 0) is 0 Å². The van der Waals surface area contributed by atoms with Gasteiger partial charge in [0.25, 0.3) is 0 Å². The zero-order valence-electron chi connectivity index (χ0n) is 12.8. The molecule has 0 atom stereocenters. The Hall–Kier alpha value is -1.89. The number of nitrogens with zero attached hydrogens (tertiary/aromatic N) is 1. The average molecular weight is 277 g/mol. The summed E-state index contributed by atoms with van der Waals surface area (Å²) in [5.74, 6) is 0.747. The van der Waals surface area contributed by atoms with Gasteiger partial charge < -0.3 is 0 Å². The molecule has 21 heavy (non-hydrogen) atoms.